The van der Waals surface area contributed by atoms with Crippen LogP contribution >= 0.6 is 0 Å². The molecule has 0 aromatic rings. The molecule has 1 aliphatic heterocycles. The van der Waals surface area contributed by atoms with Gasteiger partial charge in [0.05, 0.1) is 25.4 Å². The Morgan fingerprint density at radius 2 is 1.12 bits per heavy atom. The van der Waals surface area contributed by atoms with Crippen LogP contribution in [0.5, 0.6) is 0 Å². The van der Waals surface area contributed by atoms with Crippen LogP contribution in [0, 0.1) is 0 Å². The van der Waals surface area contributed by atoms with E-state index in [2.05, 4.69) is 47.7 Å². The number of unbranched alkanes of at least 4 members (excludes halogenated alkanes) is 24. The van der Waals surface area contributed by atoms with Crippen LogP contribution in [0.4, 0.5) is 0 Å². The molecule has 13 heteroatoms. The Morgan fingerprint density at radius 1 is 0.667 bits per heavy atom. The molecule has 1 heterocycles. The highest BCUT2D eigenvalue weighted by atomic mass is 32.3. The van der Waals surface area contributed by atoms with Crippen molar-refractivity contribution in [1.82, 2.24) is 5.32 Å². The summed E-state index contributed by atoms with van der Waals surface area (Å²) in [7, 11) is -5.08. The largest absolute Gasteiger partial charge is 0.397 e. The van der Waals surface area contributed by atoms with Gasteiger partial charge in [-0.15, -0.1) is 0 Å². The quantitative estimate of drug-likeness (QED) is 0.0195. The Balaban J connectivity index is 2.42. The fourth-order valence-corrected chi connectivity index (χ4v) is 7.93. The first-order valence-electron chi connectivity index (χ1n) is 23.9. The van der Waals surface area contributed by atoms with Crippen molar-refractivity contribution in [3.05, 3.63) is 36.5 Å². The standard InChI is InChI=1S/C47H87NO11S/c1-3-5-7-9-11-13-15-16-17-18-19-20-21-22-23-24-25-26-27-29-31-33-35-37-43(51)48-40(41(50)36-34-32-30-28-14-12-10-8-6-4-2)39-57-47-45(53)46(59-60(54,55)56)44(52)42(38-49)58-47/h19-20,22-23,34,36,40-42,44-47,49-50,52-53H,3-18,21,24-33,35,37-39H2,1-2H3,(H,48,51)(H,54,55,56)/b20-19-,23-22-,36-34+. The zero-order valence-electron chi connectivity index (χ0n) is 37.5. The van der Waals surface area contributed by atoms with Crippen molar-refractivity contribution in [3.63, 3.8) is 0 Å². The second kappa shape index (κ2) is 37.8. The summed E-state index contributed by atoms with van der Waals surface area (Å²) in [4.78, 5) is 13.0. The van der Waals surface area contributed by atoms with Crippen molar-refractivity contribution in [2.75, 3.05) is 13.2 Å². The van der Waals surface area contributed by atoms with Gasteiger partial charge in [-0.05, 0) is 51.4 Å². The number of allylic oxidation sites excluding steroid dienone is 5. The minimum Gasteiger partial charge on any atom is -0.394 e. The lowest BCUT2D eigenvalue weighted by atomic mass is 9.99. The van der Waals surface area contributed by atoms with Gasteiger partial charge in [0.2, 0.25) is 5.91 Å². The summed E-state index contributed by atoms with van der Waals surface area (Å²) < 4.78 is 47.5. The lowest BCUT2D eigenvalue weighted by Gasteiger charge is -2.41. The fraction of sp³-hybridized carbons (Fsp3) is 0.851. The maximum Gasteiger partial charge on any atom is 0.397 e. The van der Waals surface area contributed by atoms with E-state index in [1.807, 2.05) is 6.08 Å². The van der Waals surface area contributed by atoms with Gasteiger partial charge in [0.25, 0.3) is 0 Å². The Hall–Kier alpha value is -1.68. The highest BCUT2D eigenvalue weighted by Gasteiger charge is 2.48. The molecule has 0 aliphatic carbocycles. The number of aliphatic hydroxyl groups is 4. The SMILES string of the molecule is CCCCCCCCCC/C=C/C(O)C(COC1OC(CO)C(O)C(OS(=O)(=O)O)C1O)NC(=O)CCCCCCCCC/C=C\C/C=C\CCCCCCCCCCC. The number of hydrogen-bond acceptors (Lipinski definition) is 10. The number of carbonyl (C=O) groups is 1. The average molecular weight is 874 g/mol. The van der Waals surface area contributed by atoms with Crippen molar-refractivity contribution in [1.29, 1.82) is 0 Å². The number of rotatable bonds is 40. The summed E-state index contributed by atoms with van der Waals surface area (Å²) in [6.07, 6.45) is 36.3. The van der Waals surface area contributed by atoms with Gasteiger partial charge in [-0.25, -0.2) is 4.18 Å². The third-order valence-electron chi connectivity index (χ3n) is 11.2. The Morgan fingerprint density at radius 3 is 1.58 bits per heavy atom. The van der Waals surface area contributed by atoms with Gasteiger partial charge < -0.3 is 35.2 Å². The van der Waals surface area contributed by atoms with Crippen molar-refractivity contribution in [2.45, 2.75) is 243 Å². The van der Waals surface area contributed by atoms with Gasteiger partial charge in [0.15, 0.2) is 6.29 Å². The molecule has 0 spiro atoms. The first-order valence-corrected chi connectivity index (χ1v) is 25.2. The molecule has 1 aliphatic rings. The van der Waals surface area contributed by atoms with Crippen LogP contribution in [0.2, 0.25) is 0 Å². The number of amides is 1. The summed E-state index contributed by atoms with van der Waals surface area (Å²) in [5.41, 5.74) is 0. The summed E-state index contributed by atoms with van der Waals surface area (Å²) in [5, 5.41) is 44.6. The highest BCUT2D eigenvalue weighted by Crippen LogP contribution is 2.26. The molecule has 0 saturated carbocycles. The molecule has 0 bridgehead atoms. The Kier molecular flexibility index (Phi) is 35.5. The molecule has 60 heavy (non-hydrogen) atoms. The fourth-order valence-electron chi connectivity index (χ4n) is 7.43. The van der Waals surface area contributed by atoms with Crippen LogP contribution in [0.15, 0.2) is 36.5 Å². The summed E-state index contributed by atoms with van der Waals surface area (Å²) >= 11 is 0. The van der Waals surface area contributed by atoms with E-state index < -0.39 is 59.9 Å². The van der Waals surface area contributed by atoms with Crippen LogP contribution in [-0.2, 0) is 28.9 Å². The van der Waals surface area contributed by atoms with Crippen LogP contribution in [0.1, 0.15) is 200 Å². The first kappa shape index (κ1) is 56.3. The average Bonchev–Trinajstić information content (AvgIpc) is 3.22. The predicted octanol–water partition coefficient (Wildman–Crippen LogP) is 9.50. The van der Waals surface area contributed by atoms with E-state index in [1.54, 1.807) is 6.08 Å². The van der Waals surface area contributed by atoms with E-state index in [0.29, 0.717) is 6.42 Å². The molecule has 0 radical (unpaired) electrons. The molecular formula is C47H87NO11S. The molecule has 352 valence electrons. The van der Waals surface area contributed by atoms with Gasteiger partial charge >= 0.3 is 10.4 Å². The summed E-state index contributed by atoms with van der Waals surface area (Å²) in [6.45, 7) is 3.35. The van der Waals surface area contributed by atoms with Gasteiger partial charge in [-0.1, -0.05) is 179 Å². The van der Waals surface area contributed by atoms with E-state index in [0.717, 1.165) is 64.2 Å². The van der Waals surface area contributed by atoms with Gasteiger partial charge in [0, 0.05) is 6.42 Å². The van der Waals surface area contributed by atoms with Crippen molar-refractivity contribution in [2.24, 2.45) is 0 Å². The van der Waals surface area contributed by atoms with E-state index in [1.165, 1.54) is 109 Å². The Bertz CT molecular complexity index is 1210. The van der Waals surface area contributed by atoms with E-state index in [4.69, 9.17) is 14.0 Å². The number of nitrogens with one attached hydrogen (secondary N) is 1. The summed E-state index contributed by atoms with van der Waals surface area (Å²) in [5.74, 6) is -0.273. The van der Waals surface area contributed by atoms with Crippen LogP contribution in [-0.4, -0.2) is 95.4 Å². The molecule has 1 amide bonds. The number of ether oxygens (including phenoxy) is 2. The first-order chi connectivity index (χ1) is 29.0. The van der Waals surface area contributed by atoms with Crippen molar-refractivity contribution < 1.29 is 51.8 Å². The smallest absolute Gasteiger partial charge is 0.394 e. The normalized spacial score (nSPS) is 21.1. The maximum absolute atomic E-state index is 13.0. The molecule has 0 aromatic carbocycles. The topological polar surface area (TPSA) is 192 Å². The second-order valence-corrected chi connectivity index (χ2v) is 17.7. The van der Waals surface area contributed by atoms with Gasteiger partial charge in [0.1, 0.15) is 24.4 Å². The van der Waals surface area contributed by atoms with Gasteiger partial charge in [-0.2, -0.15) is 8.42 Å². The highest BCUT2D eigenvalue weighted by molar-refractivity contribution is 7.80. The van der Waals surface area contributed by atoms with E-state index in [9.17, 15) is 33.6 Å². The zero-order chi connectivity index (χ0) is 44.1. The molecule has 7 unspecified atom stereocenters. The van der Waals surface area contributed by atoms with Crippen LogP contribution in [0.3, 0.4) is 0 Å². The molecule has 1 rings (SSSR count). The Labute approximate surface area is 365 Å². The number of hydrogen-bond donors (Lipinski definition) is 6. The summed E-state index contributed by atoms with van der Waals surface area (Å²) in [6, 6.07) is -0.946. The molecule has 12 nitrogen and oxygen atoms in total. The van der Waals surface area contributed by atoms with Crippen LogP contribution in [0.25, 0.3) is 0 Å². The third kappa shape index (κ3) is 30.4. The molecule has 0 aromatic heterocycles. The minimum absolute atomic E-state index is 0.259. The second-order valence-electron chi connectivity index (χ2n) is 16.7. The van der Waals surface area contributed by atoms with Crippen LogP contribution < -0.4 is 5.32 Å². The lowest BCUT2D eigenvalue weighted by Crippen LogP contribution is -2.61. The molecule has 6 N–H and O–H groups in total. The third-order valence-corrected chi connectivity index (χ3v) is 11.6. The molecule has 7 atom stereocenters. The predicted molar refractivity (Wildman–Crippen MR) is 241 cm³/mol. The number of aliphatic hydroxyl groups excluding tert-OH is 4. The number of carbonyl (C=O) groups excluding carboxylic acids is 1. The minimum atomic E-state index is -5.08. The zero-order valence-corrected chi connectivity index (χ0v) is 38.3. The molecule has 1 saturated heterocycles. The van der Waals surface area contributed by atoms with Gasteiger partial charge in [-0.3, -0.25) is 9.35 Å². The maximum atomic E-state index is 13.0. The molecule has 1 fully saturated rings. The van der Waals surface area contributed by atoms with E-state index >= 15 is 0 Å². The van der Waals surface area contributed by atoms with Crippen molar-refractivity contribution in [3.8, 4) is 0 Å². The monoisotopic (exact) mass is 874 g/mol. The van der Waals surface area contributed by atoms with Crippen molar-refractivity contribution >= 4 is 16.3 Å². The molecular weight excluding hydrogens is 787 g/mol. The van der Waals surface area contributed by atoms with E-state index in [-0.39, 0.29) is 18.9 Å². The lowest BCUT2D eigenvalue weighted by molar-refractivity contribution is -0.298.